The van der Waals surface area contributed by atoms with Gasteiger partial charge in [0, 0.05) is 25.2 Å². The van der Waals surface area contributed by atoms with Crippen molar-refractivity contribution in [2.75, 3.05) is 19.6 Å². The van der Waals surface area contributed by atoms with E-state index in [-0.39, 0.29) is 11.7 Å². The third-order valence-electron chi connectivity index (χ3n) is 2.80. The number of nitrogens with zero attached hydrogens (tertiary/aromatic N) is 1. The summed E-state index contributed by atoms with van der Waals surface area (Å²) in [5, 5.41) is 10.4. The molecule has 0 aromatic heterocycles. The van der Waals surface area contributed by atoms with E-state index in [1.165, 1.54) is 0 Å². The van der Waals surface area contributed by atoms with Crippen molar-refractivity contribution in [1.29, 1.82) is 5.41 Å². The summed E-state index contributed by atoms with van der Waals surface area (Å²) >= 11 is 0. The zero-order chi connectivity index (χ0) is 12.3. The Kier molecular flexibility index (Phi) is 3.39. The number of amides is 1. The number of nitrogens with one attached hydrogen (secondary N) is 2. The quantitative estimate of drug-likeness (QED) is 0.503. The van der Waals surface area contributed by atoms with E-state index >= 15 is 0 Å². The minimum atomic E-state index is 0.0542. The van der Waals surface area contributed by atoms with E-state index in [1.54, 1.807) is 6.07 Å². The summed E-state index contributed by atoms with van der Waals surface area (Å²) in [5.41, 5.74) is 7.14. The lowest BCUT2D eigenvalue weighted by atomic mass is 10.1. The lowest BCUT2D eigenvalue weighted by molar-refractivity contribution is -0.132. The number of benzene rings is 1. The van der Waals surface area contributed by atoms with Gasteiger partial charge in [0.25, 0.3) is 0 Å². The summed E-state index contributed by atoms with van der Waals surface area (Å²) in [7, 11) is 0. The van der Waals surface area contributed by atoms with Crippen molar-refractivity contribution in [1.82, 2.24) is 10.2 Å². The maximum absolute atomic E-state index is 11.6. The number of carbonyl (C=O) groups is 1. The fraction of sp³-hybridized carbons (Fsp3) is 0.333. The van der Waals surface area contributed by atoms with Crippen LogP contribution in [-0.2, 0) is 11.3 Å². The third-order valence-corrected chi connectivity index (χ3v) is 2.80. The van der Waals surface area contributed by atoms with Crippen LogP contribution >= 0.6 is 0 Å². The molecule has 1 heterocycles. The third kappa shape index (κ3) is 2.82. The van der Waals surface area contributed by atoms with E-state index in [0.29, 0.717) is 18.7 Å². The first kappa shape index (κ1) is 11.6. The second-order valence-electron chi connectivity index (χ2n) is 4.11. The Morgan fingerprint density at radius 2 is 2.35 bits per heavy atom. The van der Waals surface area contributed by atoms with Gasteiger partial charge in [0.15, 0.2) is 0 Å². The zero-order valence-electron chi connectivity index (χ0n) is 9.57. The molecule has 0 saturated carbocycles. The van der Waals surface area contributed by atoms with Gasteiger partial charge in [-0.3, -0.25) is 10.2 Å². The van der Waals surface area contributed by atoms with Crippen LogP contribution in [0.15, 0.2) is 24.3 Å². The van der Waals surface area contributed by atoms with Crippen LogP contribution in [0.25, 0.3) is 0 Å². The van der Waals surface area contributed by atoms with Gasteiger partial charge >= 0.3 is 0 Å². The molecule has 4 N–H and O–H groups in total. The van der Waals surface area contributed by atoms with Gasteiger partial charge in [0.1, 0.15) is 5.84 Å². The van der Waals surface area contributed by atoms with Crippen molar-refractivity contribution in [2.24, 2.45) is 5.73 Å². The number of nitrogen functional groups attached to an aromatic ring is 1. The number of hydrogen-bond donors (Lipinski definition) is 3. The highest BCUT2D eigenvalue weighted by Crippen LogP contribution is 2.09. The van der Waals surface area contributed by atoms with E-state index in [4.69, 9.17) is 11.1 Å². The molecule has 0 spiro atoms. The van der Waals surface area contributed by atoms with E-state index < -0.39 is 0 Å². The van der Waals surface area contributed by atoms with Crippen LogP contribution in [0, 0.1) is 5.41 Å². The van der Waals surface area contributed by atoms with Crippen LogP contribution in [0.2, 0.25) is 0 Å². The molecule has 5 heteroatoms. The first-order valence-electron chi connectivity index (χ1n) is 5.58. The van der Waals surface area contributed by atoms with E-state index in [0.717, 1.165) is 18.7 Å². The molecule has 1 aromatic rings. The molecule has 0 atom stereocenters. The van der Waals surface area contributed by atoms with Crippen molar-refractivity contribution in [3.8, 4) is 0 Å². The highest BCUT2D eigenvalue weighted by molar-refractivity contribution is 5.95. The SMILES string of the molecule is N=C(N)c1cccc(CN2CCNCC2=O)c1. The Morgan fingerprint density at radius 1 is 1.53 bits per heavy atom. The molecule has 2 rings (SSSR count). The molecule has 90 valence electrons. The van der Waals surface area contributed by atoms with Crippen molar-refractivity contribution in [3.05, 3.63) is 35.4 Å². The van der Waals surface area contributed by atoms with Gasteiger partial charge in [-0.15, -0.1) is 0 Å². The topological polar surface area (TPSA) is 82.2 Å². The molecule has 1 saturated heterocycles. The number of rotatable bonds is 3. The molecule has 0 unspecified atom stereocenters. The Balaban J connectivity index is 2.09. The van der Waals surface area contributed by atoms with Gasteiger partial charge in [0.05, 0.1) is 6.54 Å². The molecule has 5 nitrogen and oxygen atoms in total. The smallest absolute Gasteiger partial charge is 0.236 e. The first-order valence-corrected chi connectivity index (χ1v) is 5.58. The van der Waals surface area contributed by atoms with Gasteiger partial charge in [0.2, 0.25) is 5.91 Å². The molecule has 1 aromatic carbocycles. The average Bonchev–Trinajstić information content (AvgIpc) is 2.32. The molecule has 1 amide bonds. The van der Waals surface area contributed by atoms with E-state index in [1.807, 2.05) is 23.1 Å². The fourth-order valence-corrected chi connectivity index (χ4v) is 1.87. The number of carbonyl (C=O) groups excluding carboxylic acids is 1. The standard InChI is InChI=1S/C12H16N4O/c13-12(14)10-3-1-2-9(6-10)8-16-5-4-15-7-11(16)17/h1-3,6,15H,4-5,7-8H2,(H3,13,14). The van der Waals surface area contributed by atoms with Gasteiger partial charge in [-0.25, -0.2) is 0 Å². The maximum Gasteiger partial charge on any atom is 0.236 e. The highest BCUT2D eigenvalue weighted by Gasteiger charge is 2.17. The molecule has 1 aliphatic heterocycles. The first-order chi connectivity index (χ1) is 8.16. The summed E-state index contributed by atoms with van der Waals surface area (Å²) in [5.74, 6) is 0.169. The lowest BCUT2D eigenvalue weighted by Crippen LogP contribution is -2.47. The summed E-state index contributed by atoms with van der Waals surface area (Å²) < 4.78 is 0. The van der Waals surface area contributed by atoms with Gasteiger partial charge in [-0.1, -0.05) is 18.2 Å². The minimum absolute atomic E-state index is 0.0542. The predicted octanol–water partition coefficient (Wildman–Crippen LogP) is -0.0975. The number of nitrogens with two attached hydrogens (primary N) is 1. The van der Waals surface area contributed by atoms with Crippen LogP contribution in [0.5, 0.6) is 0 Å². The lowest BCUT2D eigenvalue weighted by Gasteiger charge is -2.27. The van der Waals surface area contributed by atoms with Gasteiger partial charge in [-0.2, -0.15) is 0 Å². The summed E-state index contributed by atoms with van der Waals surface area (Å²) in [4.78, 5) is 13.4. The largest absolute Gasteiger partial charge is 0.384 e. The summed E-state index contributed by atoms with van der Waals surface area (Å²) in [6.07, 6.45) is 0. The average molecular weight is 232 g/mol. The molecular weight excluding hydrogens is 216 g/mol. The second kappa shape index (κ2) is 4.97. The Morgan fingerprint density at radius 3 is 3.06 bits per heavy atom. The highest BCUT2D eigenvalue weighted by atomic mass is 16.2. The normalized spacial score (nSPS) is 16.0. The molecular formula is C12H16N4O. The van der Waals surface area contributed by atoms with Crippen LogP contribution < -0.4 is 11.1 Å². The monoisotopic (exact) mass is 232 g/mol. The van der Waals surface area contributed by atoms with Crippen molar-refractivity contribution in [3.63, 3.8) is 0 Å². The number of piperazine rings is 1. The summed E-state index contributed by atoms with van der Waals surface area (Å²) in [6, 6.07) is 7.46. The number of hydrogen-bond acceptors (Lipinski definition) is 3. The van der Waals surface area contributed by atoms with Crippen LogP contribution in [-0.4, -0.2) is 36.3 Å². The van der Waals surface area contributed by atoms with Crippen molar-refractivity contribution < 1.29 is 4.79 Å². The Bertz CT molecular complexity index is 444. The predicted molar refractivity (Wildman–Crippen MR) is 65.7 cm³/mol. The number of amidine groups is 1. The van der Waals surface area contributed by atoms with Crippen LogP contribution in [0.1, 0.15) is 11.1 Å². The van der Waals surface area contributed by atoms with E-state index in [2.05, 4.69) is 5.32 Å². The maximum atomic E-state index is 11.6. The molecule has 17 heavy (non-hydrogen) atoms. The second-order valence-corrected chi connectivity index (χ2v) is 4.11. The Hall–Kier alpha value is -1.88. The molecule has 0 radical (unpaired) electrons. The van der Waals surface area contributed by atoms with E-state index in [9.17, 15) is 4.79 Å². The van der Waals surface area contributed by atoms with Gasteiger partial charge in [-0.05, 0) is 11.6 Å². The van der Waals surface area contributed by atoms with Crippen molar-refractivity contribution >= 4 is 11.7 Å². The fourth-order valence-electron chi connectivity index (χ4n) is 1.87. The Labute approximate surface area is 100 Å². The molecule has 0 bridgehead atoms. The molecule has 0 aliphatic carbocycles. The zero-order valence-corrected chi connectivity index (χ0v) is 9.57. The molecule has 1 fully saturated rings. The summed E-state index contributed by atoms with van der Waals surface area (Å²) in [6.45, 7) is 2.55. The van der Waals surface area contributed by atoms with Crippen molar-refractivity contribution in [2.45, 2.75) is 6.54 Å². The minimum Gasteiger partial charge on any atom is -0.384 e. The van der Waals surface area contributed by atoms with Crippen LogP contribution in [0.3, 0.4) is 0 Å². The van der Waals surface area contributed by atoms with Gasteiger partial charge < -0.3 is 16.0 Å². The van der Waals surface area contributed by atoms with Crippen LogP contribution in [0.4, 0.5) is 0 Å². The molecule has 1 aliphatic rings.